The molecular formula is C21H38N2O8SV2. The van der Waals surface area contributed by atoms with Crippen molar-refractivity contribution >= 4 is 40.1 Å². The Bertz CT molecular complexity index is 690. The summed E-state index contributed by atoms with van der Waals surface area (Å²) >= 11 is 0. The molecule has 13 heteroatoms. The first-order valence-electron chi connectivity index (χ1n) is 10.4. The van der Waals surface area contributed by atoms with E-state index in [0.717, 1.165) is 0 Å². The van der Waals surface area contributed by atoms with Crippen LogP contribution in [0.25, 0.3) is 0 Å². The molecule has 0 aliphatic heterocycles. The predicted molar refractivity (Wildman–Crippen MR) is 121 cm³/mol. The van der Waals surface area contributed by atoms with Gasteiger partial charge in [-0.15, -0.1) is 0 Å². The number of ketones is 2. The van der Waals surface area contributed by atoms with E-state index in [1.54, 1.807) is 27.7 Å². The van der Waals surface area contributed by atoms with Gasteiger partial charge in [-0.2, -0.15) is 0 Å². The van der Waals surface area contributed by atoms with Crippen LogP contribution in [-0.4, -0.2) is 74.5 Å². The standard InChI is InChI=1S/C18H32N2O6S.C3H6O2.2V/c1-10(2)13(17(23)20-16(11(3)4)18(24)25)9-15(22)14(19-12(5)21)7-8-27(6)26;1-3(5)2-4;;/h10-11,13-14,16H,7-9H2,1-6H3,(H,19,21)(H,20,23)(H,24,25);4H,2H2,1H3;;. The number of carboxylic acids is 1. The van der Waals surface area contributed by atoms with Gasteiger partial charge in [0.2, 0.25) is 11.8 Å². The van der Waals surface area contributed by atoms with Crippen molar-refractivity contribution in [1.29, 1.82) is 0 Å². The maximum Gasteiger partial charge on any atom is 0.326 e. The molecule has 0 rings (SSSR count). The van der Waals surface area contributed by atoms with Gasteiger partial charge in [0.05, 0.1) is 6.04 Å². The number of hydrogen-bond donors (Lipinski definition) is 4. The molecule has 4 unspecified atom stereocenters. The van der Waals surface area contributed by atoms with E-state index >= 15 is 0 Å². The molecule has 0 aromatic carbocycles. The Morgan fingerprint density at radius 1 is 0.912 bits per heavy atom. The Morgan fingerprint density at radius 2 is 1.38 bits per heavy atom. The Kier molecular flexibility index (Phi) is 25.2. The van der Waals surface area contributed by atoms with Gasteiger partial charge in [0.15, 0.2) is 11.6 Å². The van der Waals surface area contributed by atoms with E-state index in [1.165, 1.54) is 20.1 Å². The molecule has 2 amide bonds. The number of aliphatic carboxylic acids is 1. The van der Waals surface area contributed by atoms with Crippen LogP contribution in [0.3, 0.4) is 0 Å². The van der Waals surface area contributed by atoms with E-state index in [4.69, 9.17) is 5.11 Å². The van der Waals surface area contributed by atoms with Crippen molar-refractivity contribution in [3.05, 3.63) is 0 Å². The molecular weight excluding hydrogens is 542 g/mol. The minimum atomic E-state index is -1.13. The van der Waals surface area contributed by atoms with Crippen molar-refractivity contribution < 1.29 is 75.5 Å². The molecule has 0 heterocycles. The summed E-state index contributed by atoms with van der Waals surface area (Å²) in [4.78, 5) is 57.5. The van der Waals surface area contributed by atoms with Gasteiger partial charge in [-0.1, -0.05) is 27.7 Å². The van der Waals surface area contributed by atoms with Crippen molar-refractivity contribution in [2.24, 2.45) is 17.8 Å². The molecule has 0 saturated heterocycles. The van der Waals surface area contributed by atoms with Crippen LogP contribution in [-0.2, 0) is 71.9 Å². The van der Waals surface area contributed by atoms with Crippen LogP contribution in [0.5, 0.6) is 0 Å². The van der Waals surface area contributed by atoms with Gasteiger partial charge in [-0.3, -0.25) is 23.4 Å². The summed E-state index contributed by atoms with van der Waals surface area (Å²) in [6, 6.07) is -1.86. The largest absolute Gasteiger partial charge is 0.480 e. The summed E-state index contributed by atoms with van der Waals surface area (Å²) in [6.07, 6.45) is 1.60. The second kappa shape index (κ2) is 21.3. The van der Waals surface area contributed by atoms with E-state index in [2.05, 4.69) is 10.6 Å². The summed E-state index contributed by atoms with van der Waals surface area (Å²) in [5.74, 6) is -3.51. The fourth-order valence-corrected chi connectivity index (χ4v) is 3.17. The number of rotatable bonds is 13. The summed E-state index contributed by atoms with van der Waals surface area (Å²) in [6.45, 7) is 9.21. The van der Waals surface area contributed by atoms with Gasteiger partial charge in [0, 0.05) is 79.2 Å². The number of aliphatic hydroxyl groups excluding tert-OH is 1. The van der Waals surface area contributed by atoms with Crippen molar-refractivity contribution in [3.8, 4) is 0 Å². The SMILES string of the molecule is CC(=O)CO.CC(=O)NC(CCS(C)=O)C(=O)CC(C(=O)NC(C(=O)O)C(C)C)C(C)C.[V].[V]. The van der Waals surface area contributed by atoms with Crippen molar-refractivity contribution in [3.63, 3.8) is 0 Å². The fraction of sp³-hybridized carbons (Fsp3) is 0.762. The number of carboxylic acid groups (broad SMARTS) is 1. The second-order valence-electron chi connectivity index (χ2n) is 8.27. The molecule has 4 N–H and O–H groups in total. The Morgan fingerprint density at radius 3 is 1.68 bits per heavy atom. The van der Waals surface area contributed by atoms with Crippen LogP contribution in [0.1, 0.15) is 54.4 Å². The van der Waals surface area contributed by atoms with E-state index in [0.29, 0.717) is 0 Å². The van der Waals surface area contributed by atoms with Gasteiger partial charge >= 0.3 is 5.97 Å². The average molecular weight is 580 g/mol. The van der Waals surface area contributed by atoms with Crippen LogP contribution in [0.2, 0.25) is 0 Å². The van der Waals surface area contributed by atoms with Gasteiger partial charge in [-0.25, -0.2) is 4.79 Å². The number of nitrogens with one attached hydrogen (secondary N) is 2. The summed E-state index contributed by atoms with van der Waals surface area (Å²) in [5, 5.41) is 22.1. The molecule has 0 bridgehead atoms. The molecule has 0 aromatic heterocycles. The molecule has 10 nitrogen and oxygen atoms in total. The normalized spacial score (nSPS) is 13.6. The zero-order chi connectivity index (χ0) is 25.6. The van der Waals surface area contributed by atoms with E-state index < -0.39 is 40.7 Å². The van der Waals surface area contributed by atoms with Crippen LogP contribution in [0, 0.1) is 17.8 Å². The van der Waals surface area contributed by atoms with E-state index in [9.17, 15) is 33.3 Å². The molecule has 4 atom stereocenters. The van der Waals surface area contributed by atoms with Gasteiger partial charge in [0.25, 0.3) is 0 Å². The van der Waals surface area contributed by atoms with Crippen LogP contribution < -0.4 is 10.6 Å². The molecule has 0 fully saturated rings. The zero-order valence-corrected chi connectivity index (χ0v) is 24.5. The van der Waals surface area contributed by atoms with E-state index in [1.807, 2.05) is 0 Å². The number of hydrogen-bond acceptors (Lipinski definition) is 7. The molecule has 2 radical (unpaired) electrons. The van der Waals surface area contributed by atoms with Crippen molar-refractivity contribution in [2.75, 3.05) is 18.6 Å². The van der Waals surface area contributed by atoms with Gasteiger partial charge < -0.3 is 20.8 Å². The zero-order valence-electron chi connectivity index (χ0n) is 20.9. The fourth-order valence-electron chi connectivity index (χ4n) is 2.61. The van der Waals surface area contributed by atoms with Gasteiger partial charge in [-0.05, 0) is 25.2 Å². The minimum absolute atomic E-state index is 0. The summed E-state index contributed by atoms with van der Waals surface area (Å²) in [5.41, 5.74) is 0. The number of carbonyl (C=O) groups is 5. The number of Topliss-reactive ketones (excluding diaryl/α,β-unsaturated/α-hetero) is 2. The molecule has 0 aromatic rings. The molecule has 0 aliphatic rings. The van der Waals surface area contributed by atoms with Crippen LogP contribution in [0.4, 0.5) is 0 Å². The third-order valence-corrected chi connectivity index (χ3v) is 5.29. The number of amides is 2. The van der Waals surface area contributed by atoms with E-state index in [-0.39, 0.29) is 91.6 Å². The number of aliphatic hydroxyl groups is 1. The Labute approximate surface area is 228 Å². The third kappa shape index (κ3) is 19.3. The summed E-state index contributed by atoms with van der Waals surface area (Å²) < 4.78 is 11.3. The van der Waals surface area contributed by atoms with Crippen molar-refractivity contribution in [2.45, 2.75) is 66.5 Å². The average Bonchev–Trinajstić information content (AvgIpc) is 2.66. The first-order valence-corrected chi connectivity index (χ1v) is 12.1. The van der Waals surface area contributed by atoms with Crippen LogP contribution in [0.15, 0.2) is 0 Å². The summed E-state index contributed by atoms with van der Waals surface area (Å²) in [7, 11) is -1.11. The topological polar surface area (TPSA) is 167 Å². The molecule has 196 valence electrons. The Hall–Kier alpha value is -0.971. The molecule has 34 heavy (non-hydrogen) atoms. The smallest absolute Gasteiger partial charge is 0.326 e. The van der Waals surface area contributed by atoms with Crippen molar-refractivity contribution in [1.82, 2.24) is 10.6 Å². The maximum atomic E-state index is 12.7. The molecule has 0 aliphatic carbocycles. The van der Waals surface area contributed by atoms with Crippen LogP contribution >= 0.6 is 0 Å². The monoisotopic (exact) mass is 580 g/mol. The van der Waals surface area contributed by atoms with Gasteiger partial charge in [0.1, 0.15) is 12.6 Å². The first-order chi connectivity index (χ1) is 14.6. The Balaban J connectivity index is -0.000000578. The third-order valence-electron chi connectivity index (χ3n) is 4.48. The quantitative estimate of drug-likeness (QED) is 0.241. The molecule has 0 spiro atoms. The second-order valence-corrected chi connectivity index (χ2v) is 9.82. The predicted octanol–water partition coefficient (Wildman–Crippen LogP) is 0.279. The minimum Gasteiger partial charge on any atom is -0.480 e. The first kappa shape index (κ1) is 40.2. The maximum absolute atomic E-state index is 12.7. The number of carbonyl (C=O) groups excluding carboxylic acids is 4. The molecule has 0 saturated carbocycles.